The van der Waals surface area contributed by atoms with Gasteiger partial charge in [0.25, 0.3) is 0 Å². The van der Waals surface area contributed by atoms with Crippen molar-refractivity contribution in [3.8, 4) is 0 Å². The number of hydrogen-bond acceptors (Lipinski definition) is 4. The van der Waals surface area contributed by atoms with Crippen molar-refractivity contribution in [2.24, 2.45) is 5.73 Å². The van der Waals surface area contributed by atoms with E-state index in [-0.39, 0.29) is 0 Å². The Morgan fingerprint density at radius 3 is 2.41 bits per heavy atom. The molecule has 1 aromatic rings. The second kappa shape index (κ2) is 6.47. The number of rotatable bonds is 6. The monoisotopic (exact) mass is 236 g/mol. The van der Waals surface area contributed by atoms with Gasteiger partial charge in [-0.3, -0.25) is 0 Å². The first-order valence-electron chi connectivity index (χ1n) is 5.99. The summed E-state index contributed by atoms with van der Waals surface area (Å²) in [5.74, 6) is 0. The third-order valence-corrected chi connectivity index (χ3v) is 2.57. The zero-order valence-corrected chi connectivity index (χ0v) is 10.6. The maximum absolute atomic E-state index is 9.74. The maximum atomic E-state index is 9.74. The van der Waals surface area contributed by atoms with E-state index < -0.39 is 6.10 Å². The normalized spacial score (nSPS) is 12.3. The quantitative estimate of drug-likeness (QED) is 0.608. The summed E-state index contributed by atoms with van der Waals surface area (Å²) in [5.41, 5.74) is 9.34. The summed E-state index contributed by atoms with van der Waals surface area (Å²) < 4.78 is 0. The molecular formula is C13H22N3O. The van der Waals surface area contributed by atoms with Crippen molar-refractivity contribution >= 4 is 11.4 Å². The maximum Gasteiger partial charge on any atom is 0.0814 e. The van der Waals surface area contributed by atoms with E-state index in [4.69, 9.17) is 5.73 Å². The lowest BCUT2D eigenvalue weighted by Crippen LogP contribution is -2.11. The Morgan fingerprint density at radius 1 is 1.29 bits per heavy atom. The molecule has 0 saturated heterocycles. The van der Waals surface area contributed by atoms with Gasteiger partial charge in [-0.25, -0.2) is 0 Å². The third kappa shape index (κ3) is 3.35. The Bertz CT molecular complexity index is 364. The number of nitrogens with one attached hydrogen (secondary N) is 2. The van der Waals surface area contributed by atoms with Crippen LogP contribution in [0.5, 0.6) is 0 Å². The molecule has 1 aromatic carbocycles. The Hall–Kier alpha value is -1.26. The zero-order valence-electron chi connectivity index (χ0n) is 10.6. The van der Waals surface area contributed by atoms with E-state index in [1.54, 1.807) is 0 Å². The van der Waals surface area contributed by atoms with Gasteiger partial charge in [-0.15, -0.1) is 0 Å². The second-order valence-electron chi connectivity index (χ2n) is 3.88. The molecule has 0 bridgehead atoms. The average molecular weight is 236 g/mol. The molecule has 95 valence electrons. The van der Waals surface area contributed by atoms with Gasteiger partial charge >= 0.3 is 0 Å². The molecule has 17 heavy (non-hydrogen) atoms. The molecule has 0 spiro atoms. The third-order valence-electron chi connectivity index (χ3n) is 2.57. The van der Waals surface area contributed by atoms with E-state index in [0.717, 1.165) is 35.6 Å². The van der Waals surface area contributed by atoms with Crippen LogP contribution in [-0.4, -0.2) is 18.2 Å². The number of anilines is 2. The summed E-state index contributed by atoms with van der Waals surface area (Å²) in [6.45, 7) is 9.76. The Kier molecular flexibility index (Phi) is 5.25. The van der Waals surface area contributed by atoms with Crippen molar-refractivity contribution in [3.05, 3.63) is 30.2 Å². The van der Waals surface area contributed by atoms with Crippen LogP contribution in [0.25, 0.3) is 0 Å². The summed E-state index contributed by atoms with van der Waals surface area (Å²) in [6.07, 6.45) is -0.765. The molecule has 0 aliphatic heterocycles. The molecule has 4 nitrogen and oxygen atoms in total. The minimum atomic E-state index is -0.765. The van der Waals surface area contributed by atoms with Crippen LogP contribution in [0.1, 0.15) is 31.1 Å². The largest absolute Gasteiger partial charge is 0.388 e. The lowest BCUT2D eigenvalue weighted by Gasteiger charge is -2.19. The molecule has 0 amide bonds. The summed E-state index contributed by atoms with van der Waals surface area (Å²) in [5, 5.41) is 16.2. The van der Waals surface area contributed by atoms with Crippen LogP contribution in [0, 0.1) is 6.92 Å². The number of hydrogen-bond donors (Lipinski definition) is 4. The summed E-state index contributed by atoms with van der Waals surface area (Å²) in [6, 6.07) is 3.95. The van der Waals surface area contributed by atoms with Gasteiger partial charge in [0.05, 0.1) is 6.10 Å². The van der Waals surface area contributed by atoms with Gasteiger partial charge in [-0.05, 0) is 38.5 Å². The number of aliphatic hydroxyl groups excluding tert-OH is 1. The summed E-state index contributed by atoms with van der Waals surface area (Å²) in [7, 11) is 0. The minimum Gasteiger partial charge on any atom is -0.388 e. The first-order chi connectivity index (χ1) is 8.13. The highest BCUT2D eigenvalue weighted by atomic mass is 16.3. The van der Waals surface area contributed by atoms with Gasteiger partial charge in [-0.2, -0.15) is 0 Å². The molecule has 0 fully saturated rings. The van der Waals surface area contributed by atoms with E-state index in [1.807, 2.05) is 26.0 Å². The average Bonchev–Trinajstić information content (AvgIpc) is 2.28. The highest BCUT2D eigenvalue weighted by molar-refractivity contribution is 5.65. The number of benzene rings is 1. The topological polar surface area (TPSA) is 70.3 Å². The van der Waals surface area contributed by atoms with Crippen LogP contribution in [0.15, 0.2) is 12.1 Å². The fraction of sp³-hybridized carbons (Fsp3) is 0.462. The van der Waals surface area contributed by atoms with Crippen LogP contribution < -0.4 is 16.4 Å². The van der Waals surface area contributed by atoms with Crippen LogP contribution in [0.2, 0.25) is 0 Å². The van der Waals surface area contributed by atoms with Crippen LogP contribution in [-0.2, 0) is 6.54 Å². The van der Waals surface area contributed by atoms with Crippen LogP contribution in [0.4, 0.5) is 11.4 Å². The van der Waals surface area contributed by atoms with E-state index in [1.165, 1.54) is 0 Å². The number of aliphatic hydroxyl groups is 1. The van der Waals surface area contributed by atoms with Crippen molar-refractivity contribution in [1.82, 2.24) is 0 Å². The Morgan fingerprint density at radius 2 is 1.94 bits per heavy atom. The van der Waals surface area contributed by atoms with Crippen LogP contribution >= 0.6 is 0 Å². The summed E-state index contributed by atoms with van der Waals surface area (Å²) in [4.78, 5) is 0. The zero-order chi connectivity index (χ0) is 12.8. The van der Waals surface area contributed by atoms with Crippen molar-refractivity contribution < 1.29 is 5.11 Å². The molecule has 1 atom stereocenters. The van der Waals surface area contributed by atoms with E-state index in [2.05, 4.69) is 17.6 Å². The molecule has 1 radical (unpaired) electrons. The molecule has 4 heteroatoms. The predicted molar refractivity (Wildman–Crippen MR) is 73.0 cm³/mol. The van der Waals surface area contributed by atoms with Crippen molar-refractivity contribution in [2.45, 2.75) is 26.5 Å². The van der Waals surface area contributed by atoms with Gasteiger partial charge in [-0.1, -0.05) is 0 Å². The lowest BCUT2D eigenvalue weighted by atomic mass is 9.99. The highest BCUT2D eigenvalue weighted by Gasteiger charge is 2.14. The molecule has 1 unspecified atom stereocenters. The van der Waals surface area contributed by atoms with Gasteiger partial charge in [0.1, 0.15) is 0 Å². The number of nitrogens with two attached hydrogens (primary N) is 1. The lowest BCUT2D eigenvalue weighted by molar-refractivity contribution is 0.225. The molecule has 1 rings (SSSR count). The molecule has 0 saturated carbocycles. The molecule has 0 aromatic heterocycles. The van der Waals surface area contributed by atoms with Gasteiger partial charge in [0.2, 0.25) is 0 Å². The SMILES string of the molecule is [CH2]C(O)c1c(CN)cc(NCC)cc1NCC. The van der Waals surface area contributed by atoms with E-state index >= 15 is 0 Å². The van der Waals surface area contributed by atoms with Crippen molar-refractivity contribution in [3.63, 3.8) is 0 Å². The van der Waals surface area contributed by atoms with Crippen LogP contribution in [0.3, 0.4) is 0 Å². The Labute approximate surface area is 103 Å². The molecular weight excluding hydrogens is 214 g/mol. The molecule has 0 aliphatic rings. The standard InChI is InChI=1S/C13H22N3O/c1-4-15-11-6-10(8-14)13(9(3)17)12(7-11)16-5-2/h6-7,9,15-17H,3-5,8,14H2,1-2H3. The van der Waals surface area contributed by atoms with E-state index in [9.17, 15) is 5.11 Å². The van der Waals surface area contributed by atoms with Crippen molar-refractivity contribution in [1.29, 1.82) is 0 Å². The first-order valence-corrected chi connectivity index (χ1v) is 5.99. The fourth-order valence-electron chi connectivity index (χ4n) is 1.92. The van der Waals surface area contributed by atoms with Gasteiger partial charge in [0.15, 0.2) is 0 Å². The first kappa shape index (κ1) is 13.8. The smallest absolute Gasteiger partial charge is 0.0814 e. The minimum absolute atomic E-state index is 0.388. The molecule has 0 heterocycles. The fourth-order valence-corrected chi connectivity index (χ4v) is 1.92. The van der Waals surface area contributed by atoms with Gasteiger partial charge < -0.3 is 21.5 Å². The highest BCUT2D eigenvalue weighted by Crippen LogP contribution is 2.30. The molecule has 5 N–H and O–H groups in total. The van der Waals surface area contributed by atoms with Gasteiger partial charge in [0, 0.05) is 36.6 Å². The summed E-state index contributed by atoms with van der Waals surface area (Å²) >= 11 is 0. The second-order valence-corrected chi connectivity index (χ2v) is 3.88. The van der Waals surface area contributed by atoms with E-state index in [0.29, 0.717) is 6.54 Å². The predicted octanol–water partition coefficient (Wildman–Crippen LogP) is 1.88. The Balaban J connectivity index is 3.24. The molecule has 0 aliphatic carbocycles. The van der Waals surface area contributed by atoms with Crippen molar-refractivity contribution in [2.75, 3.05) is 23.7 Å².